The Morgan fingerprint density at radius 1 is 1.41 bits per heavy atom. The first-order valence-electron chi connectivity index (χ1n) is 6.50. The molecule has 1 fully saturated rings. The van der Waals surface area contributed by atoms with Crippen molar-refractivity contribution in [2.24, 2.45) is 5.92 Å². The topological polar surface area (TPSA) is 34.1 Å². The first kappa shape index (κ1) is 12.4. The third-order valence-electron chi connectivity index (χ3n) is 3.40. The number of pyridine rings is 1. The van der Waals surface area contributed by atoms with Gasteiger partial charge in [0.15, 0.2) is 0 Å². The van der Waals surface area contributed by atoms with Crippen molar-refractivity contribution in [3.05, 3.63) is 23.9 Å². The predicted octanol–water partition coefficient (Wildman–Crippen LogP) is 2.58. The largest absolute Gasteiger partial charge is 0.474 e. The second-order valence-corrected chi connectivity index (χ2v) is 5.21. The monoisotopic (exact) mass is 234 g/mol. The molecule has 0 amide bonds. The quantitative estimate of drug-likeness (QED) is 0.873. The highest BCUT2D eigenvalue weighted by atomic mass is 16.5. The minimum atomic E-state index is 0.300. The number of piperidine rings is 1. The molecule has 3 nitrogen and oxygen atoms in total. The van der Waals surface area contributed by atoms with Crippen LogP contribution < -0.4 is 10.1 Å². The van der Waals surface area contributed by atoms with E-state index in [4.69, 9.17) is 4.74 Å². The third-order valence-corrected chi connectivity index (χ3v) is 3.40. The van der Waals surface area contributed by atoms with Crippen molar-refractivity contribution in [1.29, 1.82) is 0 Å². The van der Waals surface area contributed by atoms with E-state index in [1.165, 1.54) is 5.56 Å². The van der Waals surface area contributed by atoms with Crippen molar-refractivity contribution in [2.75, 3.05) is 13.1 Å². The average Bonchev–Trinajstić information content (AvgIpc) is 2.33. The van der Waals surface area contributed by atoms with E-state index in [1.807, 2.05) is 12.3 Å². The molecule has 2 rings (SSSR count). The molecule has 3 heteroatoms. The molecule has 0 bridgehead atoms. The van der Waals surface area contributed by atoms with Gasteiger partial charge < -0.3 is 10.1 Å². The molecular weight excluding hydrogens is 212 g/mol. The van der Waals surface area contributed by atoms with Gasteiger partial charge in [-0.25, -0.2) is 4.98 Å². The van der Waals surface area contributed by atoms with Gasteiger partial charge in [0.25, 0.3) is 0 Å². The molecule has 1 saturated heterocycles. The SMILES string of the molecule is CC(C)c1ccc(O[C@@H]2CCNC[C@@H]2C)nc1. The molecule has 1 aliphatic rings. The fraction of sp³-hybridized carbons (Fsp3) is 0.643. The van der Waals surface area contributed by atoms with Crippen LogP contribution in [-0.4, -0.2) is 24.2 Å². The Kier molecular flexibility index (Phi) is 4.00. The molecule has 0 unspecified atom stereocenters. The summed E-state index contributed by atoms with van der Waals surface area (Å²) in [4.78, 5) is 4.39. The summed E-state index contributed by atoms with van der Waals surface area (Å²) in [5.41, 5.74) is 1.26. The number of hydrogen-bond donors (Lipinski definition) is 1. The highest BCUT2D eigenvalue weighted by Gasteiger charge is 2.22. The zero-order valence-electron chi connectivity index (χ0n) is 10.9. The van der Waals surface area contributed by atoms with E-state index in [1.54, 1.807) is 0 Å². The Labute approximate surface area is 104 Å². The van der Waals surface area contributed by atoms with Crippen LogP contribution in [0.1, 0.15) is 38.7 Å². The van der Waals surface area contributed by atoms with Crippen molar-refractivity contribution in [3.63, 3.8) is 0 Å². The molecule has 2 heterocycles. The van der Waals surface area contributed by atoms with Gasteiger partial charge in [-0.05, 0) is 24.4 Å². The third kappa shape index (κ3) is 3.19. The molecule has 0 saturated carbocycles. The molecule has 0 aliphatic carbocycles. The lowest BCUT2D eigenvalue weighted by atomic mass is 9.98. The molecule has 1 aliphatic heterocycles. The predicted molar refractivity (Wildman–Crippen MR) is 69.4 cm³/mol. The highest BCUT2D eigenvalue weighted by Crippen LogP contribution is 2.20. The van der Waals surface area contributed by atoms with Crippen LogP contribution in [-0.2, 0) is 0 Å². The lowest BCUT2D eigenvalue weighted by Crippen LogP contribution is -2.41. The number of aromatic nitrogens is 1. The maximum Gasteiger partial charge on any atom is 0.213 e. The molecule has 17 heavy (non-hydrogen) atoms. The maximum atomic E-state index is 5.95. The smallest absolute Gasteiger partial charge is 0.213 e. The fourth-order valence-electron chi connectivity index (χ4n) is 2.12. The van der Waals surface area contributed by atoms with E-state index in [0.717, 1.165) is 25.4 Å². The Bertz CT molecular complexity index is 348. The van der Waals surface area contributed by atoms with Gasteiger partial charge in [0.1, 0.15) is 6.10 Å². The summed E-state index contributed by atoms with van der Waals surface area (Å²) in [5, 5.41) is 3.37. The van der Waals surface area contributed by atoms with Crippen molar-refractivity contribution < 1.29 is 4.74 Å². The Morgan fingerprint density at radius 3 is 2.82 bits per heavy atom. The van der Waals surface area contributed by atoms with Crippen molar-refractivity contribution in [3.8, 4) is 5.88 Å². The minimum absolute atomic E-state index is 0.300. The zero-order chi connectivity index (χ0) is 12.3. The second kappa shape index (κ2) is 5.50. The zero-order valence-corrected chi connectivity index (χ0v) is 10.9. The molecule has 94 valence electrons. The summed E-state index contributed by atoms with van der Waals surface area (Å²) < 4.78 is 5.95. The second-order valence-electron chi connectivity index (χ2n) is 5.21. The van der Waals surface area contributed by atoms with Crippen LogP contribution in [0.15, 0.2) is 18.3 Å². The summed E-state index contributed by atoms with van der Waals surface area (Å²) in [6.45, 7) is 8.64. The van der Waals surface area contributed by atoms with Gasteiger partial charge in [-0.15, -0.1) is 0 Å². The van der Waals surface area contributed by atoms with E-state index in [9.17, 15) is 0 Å². The van der Waals surface area contributed by atoms with Crippen molar-refractivity contribution in [2.45, 2.75) is 39.2 Å². The number of ether oxygens (including phenoxy) is 1. The number of rotatable bonds is 3. The molecule has 1 aromatic heterocycles. The maximum absolute atomic E-state index is 5.95. The molecular formula is C14H22N2O. The van der Waals surface area contributed by atoms with Gasteiger partial charge in [0.05, 0.1) is 0 Å². The summed E-state index contributed by atoms with van der Waals surface area (Å²) in [6, 6.07) is 4.10. The first-order chi connectivity index (χ1) is 8.16. The van der Waals surface area contributed by atoms with Gasteiger partial charge in [-0.2, -0.15) is 0 Å². The first-order valence-corrected chi connectivity index (χ1v) is 6.50. The molecule has 0 radical (unpaired) electrons. The summed E-state index contributed by atoms with van der Waals surface area (Å²) in [5.74, 6) is 1.83. The van der Waals surface area contributed by atoms with E-state index < -0.39 is 0 Å². The number of hydrogen-bond acceptors (Lipinski definition) is 3. The summed E-state index contributed by atoms with van der Waals surface area (Å²) in [6.07, 6.45) is 3.29. The number of nitrogens with one attached hydrogen (secondary N) is 1. The number of nitrogens with zero attached hydrogens (tertiary/aromatic N) is 1. The van der Waals surface area contributed by atoms with Crippen molar-refractivity contribution in [1.82, 2.24) is 10.3 Å². The molecule has 1 N–H and O–H groups in total. The Hall–Kier alpha value is -1.09. The molecule has 1 aromatic rings. The van der Waals surface area contributed by atoms with Crippen LogP contribution in [0, 0.1) is 5.92 Å². The fourth-order valence-corrected chi connectivity index (χ4v) is 2.12. The van der Waals surface area contributed by atoms with E-state index in [-0.39, 0.29) is 0 Å². The van der Waals surface area contributed by atoms with E-state index >= 15 is 0 Å². The van der Waals surface area contributed by atoms with Gasteiger partial charge in [0, 0.05) is 24.7 Å². The van der Waals surface area contributed by atoms with Crippen LogP contribution in [0.4, 0.5) is 0 Å². The van der Waals surface area contributed by atoms with Gasteiger partial charge in [-0.3, -0.25) is 0 Å². The van der Waals surface area contributed by atoms with Crippen molar-refractivity contribution >= 4 is 0 Å². The Morgan fingerprint density at radius 2 is 2.24 bits per heavy atom. The van der Waals surface area contributed by atoms with E-state index in [0.29, 0.717) is 17.9 Å². The minimum Gasteiger partial charge on any atom is -0.474 e. The lowest BCUT2D eigenvalue weighted by Gasteiger charge is -2.29. The summed E-state index contributed by atoms with van der Waals surface area (Å²) >= 11 is 0. The lowest BCUT2D eigenvalue weighted by molar-refractivity contribution is 0.107. The standard InChI is InChI=1S/C14H22N2O/c1-10(2)12-4-5-14(16-9-12)17-13-6-7-15-8-11(13)3/h4-5,9-11,13,15H,6-8H2,1-3H3/t11-,13+/m0/s1. The normalized spacial score (nSPS) is 24.9. The molecule has 0 spiro atoms. The van der Waals surface area contributed by atoms with Crippen LogP contribution >= 0.6 is 0 Å². The molecule has 2 atom stereocenters. The molecule has 0 aromatic carbocycles. The van der Waals surface area contributed by atoms with Gasteiger partial charge >= 0.3 is 0 Å². The van der Waals surface area contributed by atoms with Gasteiger partial charge in [0.2, 0.25) is 5.88 Å². The van der Waals surface area contributed by atoms with Crippen LogP contribution in [0.25, 0.3) is 0 Å². The van der Waals surface area contributed by atoms with Crippen LogP contribution in [0.5, 0.6) is 5.88 Å². The Balaban J connectivity index is 1.98. The van der Waals surface area contributed by atoms with E-state index in [2.05, 4.69) is 37.1 Å². The van der Waals surface area contributed by atoms with Gasteiger partial charge in [-0.1, -0.05) is 26.8 Å². The van der Waals surface area contributed by atoms with Crippen LogP contribution in [0.2, 0.25) is 0 Å². The summed E-state index contributed by atoms with van der Waals surface area (Å²) in [7, 11) is 0. The highest BCUT2D eigenvalue weighted by molar-refractivity contribution is 5.20. The van der Waals surface area contributed by atoms with Crippen LogP contribution in [0.3, 0.4) is 0 Å². The average molecular weight is 234 g/mol.